The van der Waals surface area contributed by atoms with Crippen molar-refractivity contribution in [2.75, 3.05) is 11.9 Å². The summed E-state index contributed by atoms with van der Waals surface area (Å²) >= 11 is 0. The minimum Gasteiger partial charge on any atom is -0.494 e. The maximum absolute atomic E-state index is 12.5. The Labute approximate surface area is 170 Å². The fraction of sp³-hybridized carbons (Fsp3) is 0.167. The average molecular weight is 388 g/mol. The van der Waals surface area contributed by atoms with Crippen LogP contribution < -0.4 is 15.4 Å². The summed E-state index contributed by atoms with van der Waals surface area (Å²) in [4.78, 5) is 25.0. The second-order valence-corrected chi connectivity index (χ2v) is 6.66. The molecule has 0 aliphatic heterocycles. The molecule has 0 bridgehead atoms. The molecule has 2 N–H and O–H groups in total. The van der Waals surface area contributed by atoms with Gasteiger partial charge >= 0.3 is 0 Å². The molecule has 0 aliphatic carbocycles. The summed E-state index contributed by atoms with van der Waals surface area (Å²) in [6, 6.07) is 21.8. The quantitative estimate of drug-likeness (QED) is 0.623. The van der Waals surface area contributed by atoms with Crippen LogP contribution in [-0.2, 0) is 6.54 Å². The highest BCUT2D eigenvalue weighted by Gasteiger charge is 2.11. The van der Waals surface area contributed by atoms with Gasteiger partial charge in [-0.05, 0) is 61.9 Å². The molecule has 0 heterocycles. The molecule has 3 rings (SSSR count). The first-order chi connectivity index (χ1) is 14.0. The zero-order valence-electron chi connectivity index (χ0n) is 16.6. The normalized spacial score (nSPS) is 10.3. The van der Waals surface area contributed by atoms with Gasteiger partial charge in [0.25, 0.3) is 11.8 Å². The number of hydrogen-bond acceptors (Lipinski definition) is 3. The third-order valence-corrected chi connectivity index (χ3v) is 4.35. The molecule has 0 atom stereocenters. The average Bonchev–Trinajstić information content (AvgIpc) is 2.74. The van der Waals surface area contributed by atoms with Gasteiger partial charge in [-0.3, -0.25) is 9.59 Å². The van der Waals surface area contributed by atoms with Crippen LogP contribution in [-0.4, -0.2) is 18.4 Å². The van der Waals surface area contributed by atoms with Crippen LogP contribution in [0, 0.1) is 6.92 Å². The molecular formula is C24H24N2O3. The molecule has 0 aliphatic rings. The molecule has 0 spiro atoms. The van der Waals surface area contributed by atoms with E-state index in [1.54, 1.807) is 48.5 Å². The Hall–Kier alpha value is -3.60. The molecule has 148 valence electrons. The third kappa shape index (κ3) is 5.69. The molecule has 0 fully saturated rings. The molecule has 29 heavy (non-hydrogen) atoms. The standard InChI is InChI=1S/C24H24N2O3/c1-3-29-22-12-10-21(11-13-22)26-24(28)20-9-5-8-19(15-20)23(27)25-16-18-7-4-6-17(2)14-18/h4-15H,3,16H2,1-2H3,(H,25,27)(H,26,28). The van der Waals surface area contributed by atoms with E-state index in [2.05, 4.69) is 10.6 Å². The number of aryl methyl sites for hydroxylation is 1. The first-order valence-electron chi connectivity index (χ1n) is 9.53. The number of carbonyl (C=O) groups excluding carboxylic acids is 2. The van der Waals surface area contributed by atoms with E-state index in [0.717, 1.165) is 16.9 Å². The van der Waals surface area contributed by atoms with Gasteiger partial charge in [0.15, 0.2) is 0 Å². The smallest absolute Gasteiger partial charge is 0.255 e. The Bertz CT molecular complexity index is 997. The van der Waals surface area contributed by atoms with Crippen molar-refractivity contribution in [3.8, 4) is 5.75 Å². The first-order valence-corrected chi connectivity index (χ1v) is 9.53. The van der Waals surface area contributed by atoms with Crippen molar-refractivity contribution >= 4 is 17.5 Å². The van der Waals surface area contributed by atoms with E-state index in [9.17, 15) is 9.59 Å². The largest absolute Gasteiger partial charge is 0.494 e. The van der Waals surface area contributed by atoms with E-state index in [0.29, 0.717) is 30.0 Å². The van der Waals surface area contributed by atoms with Crippen molar-refractivity contribution in [3.63, 3.8) is 0 Å². The fourth-order valence-corrected chi connectivity index (χ4v) is 2.91. The molecule has 5 heteroatoms. The van der Waals surface area contributed by atoms with Crippen molar-refractivity contribution in [1.82, 2.24) is 5.32 Å². The van der Waals surface area contributed by atoms with Gasteiger partial charge in [-0.25, -0.2) is 0 Å². The minimum absolute atomic E-state index is 0.220. The second-order valence-electron chi connectivity index (χ2n) is 6.66. The van der Waals surface area contributed by atoms with Gasteiger partial charge in [0.1, 0.15) is 5.75 Å². The van der Waals surface area contributed by atoms with Gasteiger partial charge in [0.2, 0.25) is 0 Å². The number of amides is 2. The lowest BCUT2D eigenvalue weighted by Crippen LogP contribution is -2.23. The molecular weight excluding hydrogens is 364 g/mol. The summed E-state index contributed by atoms with van der Waals surface area (Å²) in [6.07, 6.45) is 0. The Morgan fingerprint density at radius 3 is 2.24 bits per heavy atom. The van der Waals surface area contributed by atoms with Crippen LogP contribution in [0.15, 0.2) is 72.8 Å². The Kier molecular flexibility index (Phi) is 6.63. The summed E-state index contributed by atoms with van der Waals surface area (Å²) in [7, 11) is 0. The third-order valence-electron chi connectivity index (χ3n) is 4.35. The summed E-state index contributed by atoms with van der Waals surface area (Å²) < 4.78 is 5.40. The number of nitrogens with one attached hydrogen (secondary N) is 2. The number of carbonyl (C=O) groups is 2. The minimum atomic E-state index is -0.275. The van der Waals surface area contributed by atoms with Crippen molar-refractivity contribution in [2.24, 2.45) is 0 Å². The Balaban J connectivity index is 1.63. The molecule has 0 saturated carbocycles. The maximum Gasteiger partial charge on any atom is 0.255 e. The van der Waals surface area contributed by atoms with Crippen LogP contribution in [0.2, 0.25) is 0 Å². The number of rotatable bonds is 7. The molecule has 5 nitrogen and oxygen atoms in total. The highest BCUT2D eigenvalue weighted by Crippen LogP contribution is 2.17. The lowest BCUT2D eigenvalue weighted by Gasteiger charge is -2.09. The molecule has 0 aromatic heterocycles. The maximum atomic E-state index is 12.5. The predicted octanol–water partition coefficient (Wildman–Crippen LogP) is 4.58. The lowest BCUT2D eigenvalue weighted by atomic mass is 10.1. The van der Waals surface area contributed by atoms with E-state index in [-0.39, 0.29) is 11.8 Å². The summed E-state index contributed by atoms with van der Waals surface area (Å²) in [6.45, 7) is 4.95. The van der Waals surface area contributed by atoms with Crippen molar-refractivity contribution in [3.05, 3.63) is 95.1 Å². The van der Waals surface area contributed by atoms with Gasteiger partial charge in [-0.1, -0.05) is 35.9 Å². The van der Waals surface area contributed by atoms with Gasteiger partial charge in [-0.2, -0.15) is 0 Å². The van der Waals surface area contributed by atoms with E-state index in [1.807, 2.05) is 38.1 Å². The van der Waals surface area contributed by atoms with Crippen LogP contribution >= 0.6 is 0 Å². The number of ether oxygens (including phenoxy) is 1. The van der Waals surface area contributed by atoms with E-state index < -0.39 is 0 Å². The van der Waals surface area contributed by atoms with E-state index in [1.165, 1.54) is 0 Å². The Morgan fingerprint density at radius 1 is 0.862 bits per heavy atom. The van der Waals surface area contributed by atoms with Crippen molar-refractivity contribution < 1.29 is 14.3 Å². The van der Waals surface area contributed by atoms with Crippen molar-refractivity contribution in [1.29, 1.82) is 0 Å². The molecule has 3 aromatic carbocycles. The molecule has 0 unspecified atom stereocenters. The topological polar surface area (TPSA) is 67.4 Å². The predicted molar refractivity (Wildman–Crippen MR) is 114 cm³/mol. The highest BCUT2D eigenvalue weighted by atomic mass is 16.5. The summed E-state index contributed by atoms with van der Waals surface area (Å²) in [5.41, 5.74) is 3.69. The van der Waals surface area contributed by atoms with Gasteiger partial charge in [0.05, 0.1) is 6.61 Å². The summed E-state index contributed by atoms with van der Waals surface area (Å²) in [5, 5.41) is 5.72. The highest BCUT2D eigenvalue weighted by molar-refractivity contribution is 6.06. The van der Waals surface area contributed by atoms with Crippen LogP contribution in [0.4, 0.5) is 5.69 Å². The van der Waals surface area contributed by atoms with Gasteiger partial charge in [-0.15, -0.1) is 0 Å². The van der Waals surface area contributed by atoms with Crippen LogP contribution in [0.5, 0.6) is 5.75 Å². The van der Waals surface area contributed by atoms with Crippen LogP contribution in [0.25, 0.3) is 0 Å². The number of benzene rings is 3. The second kappa shape index (κ2) is 9.55. The SMILES string of the molecule is CCOc1ccc(NC(=O)c2cccc(C(=O)NCc3cccc(C)c3)c2)cc1. The zero-order valence-corrected chi connectivity index (χ0v) is 16.6. The van der Waals surface area contributed by atoms with E-state index >= 15 is 0 Å². The van der Waals surface area contributed by atoms with Gasteiger partial charge in [0, 0.05) is 23.4 Å². The number of anilines is 1. The van der Waals surface area contributed by atoms with Crippen LogP contribution in [0.3, 0.4) is 0 Å². The van der Waals surface area contributed by atoms with Crippen LogP contribution in [0.1, 0.15) is 38.8 Å². The molecule has 3 aromatic rings. The van der Waals surface area contributed by atoms with Crippen molar-refractivity contribution in [2.45, 2.75) is 20.4 Å². The van der Waals surface area contributed by atoms with Gasteiger partial charge < -0.3 is 15.4 Å². The summed E-state index contributed by atoms with van der Waals surface area (Å²) in [5.74, 6) is 0.252. The fourth-order valence-electron chi connectivity index (χ4n) is 2.91. The lowest BCUT2D eigenvalue weighted by molar-refractivity contribution is 0.0951. The number of hydrogen-bond donors (Lipinski definition) is 2. The molecule has 2 amide bonds. The monoisotopic (exact) mass is 388 g/mol. The zero-order chi connectivity index (χ0) is 20.6. The molecule has 0 saturated heterocycles. The molecule has 0 radical (unpaired) electrons. The first kappa shape index (κ1) is 20.1. The Morgan fingerprint density at radius 2 is 1.55 bits per heavy atom. The van der Waals surface area contributed by atoms with E-state index in [4.69, 9.17) is 4.74 Å².